The van der Waals surface area contributed by atoms with Crippen molar-refractivity contribution in [1.82, 2.24) is 5.32 Å². The molecule has 0 fully saturated rings. The van der Waals surface area contributed by atoms with E-state index in [0.29, 0.717) is 18.4 Å². The van der Waals surface area contributed by atoms with Crippen LogP contribution in [0.1, 0.15) is 67.2 Å². The van der Waals surface area contributed by atoms with E-state index >= 15 is 0 Å². The smallest absolute Gasteiger partial charge is 0.407 e. The van der Waals surface area contributed by atoms with Crippen molar-refractivity contribution in [2.75, 3.05) is 13.2 Å². The number of hydrogen-bond donors (Lipinski definition) is 1. The molecular weight excluding hydrogens is 302 g/mol. The Labute approximate surface area is 149 Å². The third kappa shape index (κ3) is 13.4. The van der Waals surface area contributed by atoms with Crippen LogP contribution >= 0.6 is 0 Å². The lowest BCUT2D eigenvalue weighted by molar-refractivity contribution is 0.0166. The molecule has 24 heavy (non-hydrogen) atoms. The van der Waals surface area contributed by atoms with E-state index in [9.17, 15) is 4.79 Å². The quantitative estimate of drug-likeness (QED) is 0.322. The fourth-order valence-electron chi connectivity index (χ4n) is 1.91. The third-order valence-electron chi connectivity index (χ3n) is 3.86. The van der Waals surface area contributed by atoms with Gasteiger partial charge in [-0.3, -0.25) is 0 Å². The summed E-state index contributed by atoms with van der Waals surface area (Å²) in [6.45, 7) is 17.5. The number of allylic oxidation sites excluding steroid dienone is 2. The highest BCUT2D eigenvalue weighted by molar-refractivity contribution is 5.67. The molecule has 4 nitrogen and oxygen atoms in total. The molecule has 0 aliphatic carbocycles. The van der Waals surface area contributed by atoms with Gasteiger partial charge in [0.05, 0.1) is 6.10 Å². The Bertz CT molecular complexity index is 360. The number of hydrogen-bond acceptors (Lipinski definition) is 3. The number of amides is 1. The molecule has 0 aliphatic heterocycles. The first-order valence-corrected chi connectivity index (χ1v) is 9.22. The first kappa shape index (κ1) is 23.0. The van der Waals surface area contributed by atoms with Gasteiger partial charge in [0.25, 0.3) is 0 Å². The summed E-state index contributed by atoms with van der Waals surface area (Å²) in [5, 5.41) is 2.77. The second-order valence-corrected chi connectivity index (χ2v) is 7.57. The zero-order valence-electron chi connectivity index (χ0n) is 16.6. The summed E-state index contributed by atoms with van der Waals surface area (Å²) in [4.78, 5) is 11.5. The van der Waals surface area contributed by atoms with Gasteiger partial charge in [0, 0.05) is 13.2 Å². The number of carbonyl (C=O) groups excluding carboxylic acids is 1. The zero-order chi connectivity index (χ0) is 18.6. The van der Waals surface area contributed by atoms with Crippen LogP contribution in [-0.2, 0) is 9.47 Å². The zero-order valence-corrected chi connectivity index (χ0v) is 16.6. The van der Waals surface area contributed by atoms with Crippen LogP contribution in [-0.4, -0.2) is 30.9 Å². The van der Waals surface area contributed by atoms with Gasteiger partial charge in [-0.25, -0.2) is 4.79 Å². The average molecular weight is 341 g/mol. The van der Waals surface area contributed by atoms with Crippen LogP contribution in [0.25, 0.3) is 0 Å². The molecule has 0 heterocycles. The summed E-state index contributed by atoms with van der Waals surface area (Å²) in [5.74, 6) is 0.873. The number of ether oxygens (including phenoxy) is 2. The number of unbranched alkanes of at least 4 members (excludes halogenated alkanes) is 1. The van der Waals surface area contributed by atoms with Crippen LogP contribution in [0.15, 0.2) is 12.2 Å². The maximum Gasteiger partial charge on any atom is 0.407 e. The van der Waals surface area contributed by atoms with E-state index in [1.807, 2.05) is 20.8 Å². The van der Waals surface area contributed by atoms with Crippen molar-refractivity contribution in [2.24, 2.45) is 11.8 Å². The van der Waals surface area contributed by atoms with Crippen LogP contribution in [0, 0.1) is 18.8 Å². The lowest BCUT2D eigenvalue weighted by atomic mass is 10.0. The number of alkyl carbamates (subject to hydrolysis) is 1. The SMILES string of the molecule is [CH2-]C(CC)COC(C)C(C)C/C=C/CCCNC(=O)OC(C)(C)C. The molecule has 4 heteroatoms. The van der Waals surface area contributed by atoms with Crippen LogP contribution in [0.4, 0.5) is 4.79 Å². The molecule has 3 unspecified atom stereocenters. The van der Waals surface area contributed by atoms with Crippen molar-refractivity contribution in [1.29, 1.82) is 0 Å². The summed E-state index contributed by atoms with van der Waals surface area (Å²) < 4.78 is 11.0. The van der Waals surface area contributed by atoms with Crippen molar-refractivity contribution >= 4 is 6.09 Å². The molecule has 0 aromatic rings. The third-order valence-corrected chi connectivity index (χ3v) is 3.86. The summed E-state index contributed by atoms with van der Waals surface area (Å²) in [5.41, 5.74) is -0.441. The van der Waals surface area contributed by atoms with Gasteiger partial charge in [0.15, 0.2) is 0 Å². The second kappa shape index (κ2) is 12.3. The first-order chi connectivity index (χ1) is 11.2. The van der Waals surface area contributed by atoms with E-state index in [-0.39, 0.29) is 12.2 Å². The minimum absolute atomic E-state index is 0.249. The lowest BCUT2D eigenvalue weighted by Gasteiger charge is -2.23. The predicted octanol–water partition coefficient (Wildman–Crippen LogP) is 5.14. The predicted molar refractivity (Wildman–Crippen MR) is 101 cm³/mol. The van der Waals surface area contributed by atoms with Gasteiger partial charge in [-0.15, -0.1) is 5.92 Å². The highest BCUT2D eigenvalue weighted by Crippen LogP contribution is 2.14. The Morgan fingerprint density at radius 3 is 2.50 bits per heavy atom. The maximum atomic E-state index is 11.5. The fraction of sp³-hybridized carbons (Fsp3) is 0.800. The van der Waals surface area contributed by atoms with E-state index in [1.165, 1.54) is 0 Å². The molecular formula is C20H38NO3-. The highest BCUT2D eigenvalue weighted by Gasteiger charge is 2.15. The molecule has 142 valence electrons. The van der Waals surface area contributed by atoms with Crippen LogP contribution in [0.3, 0.4) is 0 Å². The first-order valence-electron chi connectivity index (χ1n) is 9.22. The lowest BCUT2D eigenvalue weighted by Crippen LogP contribution is -2.32. The molecule has 0 rings (SSSR count). The molecule has 1 amide bonds. The summed E-state index contributed by atoms with van der Waals surface area (Å²) >= 11 is 0. The molecule has 0 saturated heterocycles. The van der Waals surface area contributed by atoms with Gasteiger partial charge in [-0.1, -0.05) is 32.4 Å². The number of nitrogens with one attached hydrogen (secondary N) is 1. The van der Waals surface area contributed by atoms with Gasteiger partial charge < -0.3 is 21.7 Å². The van der Waals surface area contributed by atoms with Crippen molar-refractivity contribution in [2.45, 2.75) is 78.9 Å². The van der Waals surface area contributed by atoms with Crippen molar-refractivity contribution in [3.8, 4) is 0 Å². The van der Waals surface area contributed by atoms with E-state index in [4.69, 9.17) is 9.47 Å². The maximum absolute atomic E-state index is 11.5. The molecule has 0 aromatic carbocycles. The van der Waals surface area contributed by atoms with Gasteiger partial charge >= 0.3 is 6.09 Å². The Kier molecular flexibility index (Phi) is 11.8. The largest absolute Gasteiger partial charge is 0.444 e. The standard InChI is InChI=1S/C20H38NO3/c1-8-16(2)15-23-18(4)17(3)13-11-9-10-12-14-21-19(22)24-20(5,6)7/h9,11,16-18H,2,8,10,12-15H2,1,3-7H3,(H,21,22)/q-1/b11-9+. The summed E-state index contributed by atoms with van der Waals surface area (Å²) in [6, 6.07) is 0. The minimum Gasteiger partial charge on any atom is -0.444 e. The van der Waals surface area contributed by atoms with Crippen LogP contribution < -0.4 is 5.32 Å². The summed E-state index contributed by atoms with van der Waals surface area (Å²) in [6.07, 6.45) is 8.22. The molecule has 0 radical (unpaired) electrons. The van der Waals surface area contributed by atoms with Crippen molar-refractivity contribution in [3.63, 3.8) is 0 Å². The number of carbonyl (C=O) groups is 1. The summed E-state index contributed by atoms with van der Waals surface area (Å²) in [7, 11) is 0. The Morgan fingerprint density at radius 1 is 1.25 bits per heavy atom. The van der Waals surface area contributed by atoms with E-state index in [1.54, 1.807) is 0 Å². The topological polar surface area (TPSA) is 47.6 Å². The van der Waals surface area contributed by atoms with Crippen LogP contribution in [0.2, 0.25) is 0 Å². The van der Waals surface area contributed by atoms with Gasteiger partial charge in [0.1, 0.15) is 5.60 Å². The normalized spacial score (nSPS) is 16.0. The van der Waals surface area contributed by atoms with Crippen LogP contribution in [0.5, 0.6) is 0 Å². The molecule has 1 N–H and O–H groups in total. The fourth-order valence-corrected chi connectivity index (χ4v) is 1.91. The Hall–Kier alpha value is -1.03. The Morgan fingerprint density at radius 2 is 1.92 bits per heavy atom. The molecule has 0 bridgehead atoms. The average Bonchev–Trinajstić information content (AvgIpc) is 2.49. The van der Waals surface area contributed by atoms with E-state index in [0.717, 1.165) is 32.3 Å². The van der Waals surface area contributed by atoms with Crippen molar-refractivity contribution < 1.29 is 14.3 Å². The Balaban J connectivity index is 3.72. The molecule has 0 aliphatic rings. The molecule has 0 spiro atoms. The monoisotopic (exact) mass is 340 g/mol. The van der Waals surface area contributed by atoms with Gasteiger partial charge in [-0.05, 0) is 52.9 Å². The van der Waals surface area contributed by atoms with Gasteiger partial charge in [0.2, 0.25) is 0 Å². The highest BCUT2D eigenvalue weighted by atomic mass is 16.6. The molecule has 0 saturated carbocycles. The van der Waals surface area contributed by atoms with Gasteiger partial charge in [-0.2, -0.15) is 0 Å². The van der Waals surface area contributed by atoms with Crippen molar-refractivity contribution in [3.05, 3.63) is 19.1 Å². The number of rotatable bonds is 11. The minimum atomic E-state index is -0.441. The van der Waals surface area contributed by atoms with E-state index < -0.39 is 5.60 Å². The molecule has 0 aromatic heterocycles. The second-order valence-electron chi connectivity index (χ2n) is 7.57. The molecule has 3 atom stereocenters. The van der Waals surface area contributed by atoms with E-state index in [2.05, 4.69) is 45.2 Å².